The maximum atomic E-state index is 13.2. The Morgan fingerprint density at radius 3 is 2.35 bits per heavy atom. The van der Waals surface area contributed by atoms with Gasteiger partial charge in [-0.3, -0.25) is 9.35 Å². The van der Waals surface area contributed by atoms with E-state index in [-0.39, 0.29) is 5.56 Å². The molecule has 0 aliphatic heterocycles. The number of Topliss-reactive ketones (excluding diaryl/α,β-unsaturated/α-hetero) is 1. The van der Waals surface area contributed by atoms with E-state index < -0.39 is 38.7 Å². The van der Waals surface area contributed by atoms with Crippen molar-refractivity contribution in [3.63, 3.8) is 0 Å². The zero-order chi connectivity index (χ0) is 15.0. The first-order valence-corrected chi connectivity index (χ1v) is 7.02. The van der Waals surface area contributed by atoms with Crippen molar-refractivity contribution in [3.8, 4) is 0 Å². The molecule has 0 saturated carbocycles. The lowest BCUT2D eigenvalue weighted by atomic mass is 9.96. The van der Waals surface area contributed by atoms with Crippen LogP contribution in [0.5, 0.6) is 0 Å². The Balaban J connectivity index is 2.55. The average Bonchev–Trinajstić information content (AvgIpc) is 2.37. The van der Waals surface area contributed by atoms with Gasteiger partial charge in [0.2, 0.25) is 0 Å². The molecule has 0 aromatic heterocycles. The Kier molecular flexibility index (Phi) is 3.58. The number of rotatable bonds is 3. The molecular weight excluding hydrogens is 290 g/mol. The van der Waals surface area contributed by atoms with E-state index in [0.717, 1.165) is 6.08 Å². The highest BCUT2D eigenvalue weighted by Gasteiger charge is 2.38. The molecule has 1 aromatic carbocycles. The van der Waals surface area contributed by atoms with Gasteiger partial charge in [0.1, 0.15) is 0 Å². The average molecular weight is 300 g/mol. The van der Waals surface area contributed by atoms with Gasteiger partial charge in [-0.2, -0.15) is 8.42 Å². The van der Waals surface area contributed by atoms with Gasteiger partial charge in [-0.25, -0.2) is 8.78 Å². The minimum Gasteiger partial charge on any atom is -0.289 e. The minimum absolute atomic E-state index is 0.151. The molecule has 0 amide bonds. The molecule has 1 N–H and O–H groups in total. The highest BCUT2D eigenvalue weighted by molar-refractivity contribution is 7.89. The van der Waals surface area contributed by atoms with E-state index in [0.29, 0.717) is 6.08 Å². The van der Waals surface area contributed by atoms with E-state index in [4.69, 9.17) is 4.55 Å². The number of hydrogen-bond acceptors (Lipinski definition) is 3. The molecule has 0 atom stereocenters. The summed E-state index contributed by atoms with van der Waals surface area (Å²) in [4.78, 5) is 11.2. The summed E-state index contributed by atoms with van der Waals surface area (Å²) in [5.74, 6) is -4.14. The van der Waals surface area contributed by atoms with Gasteiger partial charge in [-0.15, -0.1) is 0 Å². The molecule has 1 aromatic rings. The number of alkyl halides is 2. The van der Waals surface area contributed by atoms with E-state index in [1.807, 2.05) is 0 Å². The molecule has 0 fully saturated rings. The van der Waals surface area contributed by atoms with Crippen molar-refractivity contribution in [3.05, 3.63) is 58.5 Å². The lowest BCUT2D eigenvalue weighted by Crippen LogP contribution is -2.24. The van der Waals surface area contributed by atoms with Crippen LogP contribution in [0.3, 0.4) is 0 Å². The highest BCUT2D eigenvalue weighted by atomic mass is 32.2. The predicted octanol–water partition coefficient (Wildman–Crippen LogP) is 2.61. The second-order valence-corrected chi connectivity index (χ2v) is 5.72. The van der Waals surface area contributed by atoms with Crippen LogP contribution in [0.25, 0.3) is 0 Å². The maximum Gasteiger partial charge on any atom is 0.291 e. The van der Waals surface area contributed by atoms with Crippen LogP contribution < -0.4 is 0 Å². The van der Waals surface area contributed by atoms with Gasteiger partial charge in [-0.05, 0) is 12.2 Å². The molecule has 0 heterocycles. The molecule has 1 aliphatic carbocycles. The Hall–Kier alpha value is -1.86. The topological polar surface area (TPSA) is 71.4 Å². The Labute approximate surface area is 114 Å². The van der Waals surface area contributed by atoms with Crippen LogP contribution in [0.2, 0.25) is 0 Å². The number of allylic oxidation sites excluding steroid dienone is 4. The van der Waals surface area contributed by atoms with Crippen LogP contribution in [0, 0.1) is 0 Å². The number of ketones is 1. The van der Waals surface area contributed by atoms with Crippen LogP contribution in [-0.4, -0.2) is 24.7 Å². The van der Waals surface area contributed by atoms with Crippen LogP contribution in [0.1, 0.15) is 16.8 Å². The standard InChI is InChI=1S/C13H10F2O4S/c14-13(15)7-6-10(11(8-13)20(17,18)19)12(16)9-4-2-1-3-5-9/h1-7H,8H2,(H,17,18,19). The van der Waals surface area contributed by atoms with Gasteiger partial charge in [-0.1, -0.05) is 30.3 Å². The monoisotopic (exact) mass is 300 g/mol. The second-order valence-electron chi connectivity index (χ2n) is 4.28. The second kappa shape index (κ2) is 4.92. The fraction of sp³-hybridized carbons (Fsp3) is 0.154. The van der Waals surface area contributed by atoms with Gasteiger partial charge in [0.15, 0.2) is 5.78 Å². The molecular formula is C13H10F2O4S. The Bertz CT molecular complexity index is 703. The van der Waals surface area contributed by atoms with E-state index in [1.165, 1.54) is 12.1 Å². The first kappa shape index (κ1) is 14.5. The number of carbonyl (C=O) groups is 1. The van der Waals surface area contributed by atoms with Crippen molar-refractivity contribution in [2.24, 2.45) is 0 Å². The summed E-state index contributed by atoms with van der Waals surface area (Å²) < 4.78 is 57.9. The number of benzene rings is 1. The third kappa shape index (κ3) is 3.00. The van der Waals surface area contributed by atoms with Crippen molar-refractivity contribution in [2.45, 2.75) is 12.3 Å². The number of carbonyl (C=O) groups excluding carboxylic acids is 1. The summed E-state index contributed by atoms with van der Waals surface area (Å²) in [5.41, 5.74) is -0.289. The fourth-order valence-corrected chi connectivity index (χ4v) is 2.66. The number of hydrogen-bond donors (Lipinski definition) is 1. The zero-order valence-corrected chi connectivity index (χ0v) is 10.9. The maximum absolute atomic E-state index is 13.2. The molecule has 1 aliphatic rings. The van der Waals surface area contributed by atoms with Crippen molar-refractivity contribution in [1.82, 2.24) is 0 Å². The molecule has 106 valence electrons. The number of halogens is 2. The van der Waals surface area contributed by atoms with E-state index in [2.05, 4.69) is 0 Å². The summed E-state index contributed by atoms with van der Waals surface area (Å²) in [6.45, 7) is 0. The molecule has 0 spiro atoms. The first-order chi connectivity index (χ1) is 9.21. The minimum atomic E-state index is -4.87. The summed E-state index contributed by atoms with van der Waals surface area (Å²) in [5, 5.41) is 0. The van der Waals surface area contributed by atoms with Crippen LogP contribution >= 0.6 is 0 Å². The van der Waals surface area contributed by atoms with Gasteiger partial charge >= 0.3 is 0 Å². The molecule has 0 bridgehead atoms. The molecule has 0 radical (unpaired) electrons. The summed E-state index contributed by atoms with van der Waals surface area (Å²) >= 11 is 0. The molecule has 7 heteroatoms. The third-order valence-corrected chi connectivity index (χ3v) is 3.77. The van der Waals surface area contributed by atoms with Crippen molar-refractivity contribution in [2.75, 3.05) is 0 Å². The molecule has 0 unspecified atom stereocenters. The largest absolute Gasteiger partial charge is 0.291 e. The normalized spacial score (nSPS) is 18.1. The van der Waals surface area contributed by atoms with Gasteiger partial charge < -0.3 is 0 Å². The van der Waals surface area contributed by atoms with Crippen LogP contribution in [-0.2, 0) is 10.1 Å². The first-order valence-electron chi connectivity index (χ1n) is 5.58. The van der Waals surface area contributed by atoms with Crippen LogP contribution in [0.4, 0.5) is 8.78 Å². The molecule has 2 rings (SSSR count). The van der Waals surface area contributed by atoms with Crippen molar-refractivity contribution < 1.29 is 26.5 Å². The summed E-state index contributed by atoms with van der Waals surface area (Å²) in [7, 11) is -4.87. The third-order valence-electron chi connectivity index (χ3n) is 2.78. The highest BCUT2D eigenvalue weighted by Crippen LogP contribution is 2.35. The smallest absolute Gasteiger partial charge is 0.289 e. The molecule has 0 saturated heterocycles. The van der Waals surface area contributed by atoms with Crippen LogP contribution in [0.15, 0.2) is 53.0 Å². The fourth-order valence-electron chi connectivity index (χ4n) is 1.84. The molecule has 4 nitrogen and oxygen atoms in total. The van der Waals surface area contributed by atoms with Crippen molar-refractivity contribution in [1.29, 1.82) is 0 Å². The lowest BCUT2D eigenvalue weighted by Gasteiger charge is -2.19. The van der Waals surface area contributed by atoms with Gasteiger partial charge in [0.25, 0.3) is 16.0 Å². The SMILES string of the molecule is O=C(C1=C(S(=O)(=O)O)CC(F)(F)C=C1)c1ccccc1. The lowest BCUT2D eigenvalue weighted by molar-refractivity contribution is 0.0553. The Morgan fingerprint density at radius 1 is 1.20 bits per heavy atom. The quantitative estimate of drug-likeness (QED) is 0.688. The zero-order valence-electron chi connectivity index (χ0n) is 10.1. The Morgan fingerprint density at radius 2 is 1.80 bits per heavy atom. The van der Waals surface area contributed by atoms with Gasteiger partial charge in [0.05, 0.1) is 11.3 Å². The predicted molar refractivity (Wildman–Crippen MR) is 68.1 cm³/mol. The summed E-state index contributed by atoms with van der Waals surface area (Å²) in [6.07, 6.45) is -0.0317. The van der Waals surface area contributed by atoms with E-state index >= 15 is 0 Å². The summed E-state index contributed by atoms with van der Waals surface area (Å²) in [6, 6.07) is 7.62. The van der Waals surface area contributed by atoms with E-state index in [9.17, 15) is 22.0 Å². The van der Waals surface area contributed by atoms with E-state index in [1.54, 1.807) is 18.2 Å². The van der Waals surface area contributed by atoms with Gasteiger partial charge in [0, 0.05) is 11.1 Å². The molecule has 20 heavy (non-hydrogen) atoms. The van der Waals surface area contributed by atoms with Crippen molar-refractivity contribution >= 4 is 15.9 Å².